The lowest BCUT2D eigenvalue weighted by atomic mass is 10.0. The topological polar surface area (TPSA) is 48.0 Å². The lowest BCUT2D eigenvalue weighted by Crippen LogP contribution is -2.34. The molecule has 28 heavy (non-hydrogen) atoms. The van der Waals surface area contributed by atoms with Crippen molar-refractivity contribution in [1.29, 1.82) is 0 Å². The van der Waals surface area contributed by atoms with Crippen molar-refractivity contribution >= 4 is 5.91 Å². The SMILES string of the molecule is O=C(COc1ccc2c(c1)CCC2)N1CCC[C@@H]1c1ccc2c(c1)OCCO2. The van der Waals surface area contributed by atoms with E-state index in [1.54, 1.807) is 0 Å². The van der Waals surface area contributed by atoms with E-state index in [1.165, 1.54) is 17.5 Å². The van der Waals surface area contributed by atoms with Crippen molar-refractivity contribution < 1.29 is 19.0 Å². The van der Waals surface area contributed by atoms with Crippen molar-refractivity contribution in [1.82, 2.24) is 4.90 Å². The number of rotatable bonds is 4. The molecule has 2 aromatic carbocycles. The van der Waals surface area contributed by atoms with Gasteiger partial charge in [-0.2, -0.15) is 0 Å². The van der Waals surface area contributed by atoms with E-state index in [0.29, 0.717) is 13.2 Å². The van der Waals surface area contributed by atoms with Crippen LogP contribution in [0.15, 0.2) is 36.4 Å². The number of carbonyl (C=O) groups is 1. The molecule has 5 nitrogen and oxygen atoms in total. The maximum Gasteiger partial charge on any atom is 0.261 e. The molecule has 0 saturated carbocycles. The Labute approximate surface area is 165 Å². The smallest absolute Gasteiger partial charge is 0.261 e. The largest absolute Gasteiger partial charge is 0.486 e. The third kappa shape index (κ3) is 3.30. The normalized spacial score (nSPS) is 20.1. The minimum atomic E-state index is 0.0397. The molecule has 1 amide bonds. The molecule has 0 radical (unpaired) electrons. The van der Waals surface area contributed by atoms with Crippen LogP contribution in [0.4, 0.5) is 0 Å². The van der Waals surface area contributed by atoms with Gasteiger partial charge >= 0.3 is 0 Å². The van der Waals surface area contributed by atoms with Gasteiger partial charge in [0.15, 0.2) is 18.1 Å². The summed E-state index contributed by atoms with van der Waals surface area (Å²) >= 11 is 0. The monoisotopic (exact) mass is 379 g/mol. The van der Waals surface area contributed by atoms with Crippen LogP contribution in [-0.2, 0) is 17.6 Å². The second-order valence-electron chi connectivity index (χ2n) is 7.72. The van der Waals surface area contributed by atoms with Crippen molar-refractivity contribution in [2.24, 2.45) is 0 Å². The summed E-state index contributed by atoms with van der Waals surface area (Å²) in [6, 6.07) is 12.3. The van der Waals surface area contributed by atoms with Gasteiger partial charge in [0.2, 0.25) is 0 Å². The Morgan fingerprint density at radius 2 is 1.86 bits per heavy atom. The Bertz CT molecular complexity index is 894. The Morgan fingerprint density at radius 1 is 1.00 bits per heavy atom. The maximum atomic E-state index is 12.9. The number of nitrogens with zero attached hydrogens (tertiary/aromatic N) is 1. The van der Waals surface area contributed by atoms with Crippen LogP contribution in [0.2, 0.25) is 0 Å². The summed E-state index contributed by atoms with van der Waals surface area (Å²) in [6.45, 7) is 2.00. The van der Waals surface area contributed by atoms with Crippen molar-refractivity contribution in [2.75, 3.05) is 26.4 Å². The van der Waals surface area contributed by atoms with Crippen molar-refractivity contribution in [3.8, 4) is 17.2 Å². The van der Waals surface area contributed by atoms with Crippen molar-refractivity contribution in [2.45, 2.75) is 38.1 Å². The highest BCUT2D eigenvalue weighted by Crippen LogP contribution is 2.38. The van der Waals surface area contributed by atoms with Crippen LogP contribution in [0, 0.1) is 0 Å². The lowest BCUT2D eigenvalue weighted by Gasteiger charge is -2.26. The summed E-state index contributed by atoms with van der Waals surface area (Å²) in [4.78, 5) is 14.8. The van der Waals surface area contributed by atoms with Gasteiger partial charge in [-0.3, -0.25) is 4.79 Å². The van der Waals surface area contributed by atoms with Gasteiger partial charge < -0.3 is 19.1 Å². The Kier molecular flexibility index (Phi) is 4.59. The quantitative estimate of drug-likeness (QED) is 0.813. The van der Waals surface area contributed by atoms with E-state index in [9.17, 15) is 4.79 Å². The number of aryl methyl sites for hydroxylation is 2. The Hall–Kier alpha value is -2.69. The lowest BCUT2D eigenvalue weighted by molar-refractivity contribution is -0.134. The molecule has 5 heteroatoms. The van der Waals surface area contributed by atoms with E-state index >= 15 is 0 Å². The van der Waals surface area contributed by atoms with Crippen LogP contribution < -0.4 is 14.2 Å². The maximum absolute atomic E-state index is 12.9. The number of hydrogen-bond donors (Lipinski definition) is 0. The molecule has 1 fully saturated rings. The van der Waals surface area contributed by atoms with Gasteiger partial charge in [-0.05, 0) is 73.1 Å². The predicted octanol–water partition coefficient (Wildman–Crippen LogP) is 3.69. The molecule has 5 rings (SSSR count). The highest BCUT2D eigenvalue weighted by Gasteiger charge is 2.31. The highest BCUT2D eigenvalue weighted by atomic mass is 16.6. The summed E-state index contributed by atoms with van der Waals surface area (Å²) in [5, 5.41) is 0. The fourth-order valence-corrected chi connectivity index (χ4v) is 4.54. The van der Waals surface area contributed by atoms with Gasteiger partial charge in [0.1, 0.15) is 19.0 Å². The summed E-state index contributed by atoms with van der Waals surface area (Å²) < 4.78 is 17.2. The third-order valence-corrected chi connectivity index (χ3v) is 5.96. The number of amides is 1. The van der Waals surface area contributed by atoms with E-state index in [2.05, 4.69) is 12.1 Å². The number of ether oxygens (including phenoxy) is 3. The molecule has 3 aliphatic rings. The van der Waals surface area contributed by atoms with Gasteiger partial charge in [0, 0.05) is 6.54 Å². The molecular weight excluding hydrogens is 354 g/mol. The summed E-state index contributed by atoms with van der Waals surface area (Å²) in [5.74, 6) is 2.39. The molecule has 1 saturated heterocycles. The molecule has 2 aromatic rings. The van der Waals surface area contributed by atoms with Gasteiger partial charge in [-0.25, -0.2) is 0 Å². The Balaban J connectivity index is 1.26. The van der Waals surface area contributed by atoms with E-state index in [0.717, 1.165) is 55.0 Å². The second-order valence-corrected chi connectivity index (χ2v) is 7.72. The van der Waals surface area contributed by atoms with E-state index < -0.39 is 0 Å². The first kappa shape index (κ1) is 17.4. The molecule has 2 aliphatic heterocycles. The first-order valence-corrected chi connectivity index (χ1v) is 10.2. The highest BCUT2D eigenvalue weighted by molar-refractivity contribution is 5.78. The van der Waals surface area contributed by atoms with Crippen molar-refractivity contribution in [3.05, 3.63) is 53.1 Å². The summed E-state index contributed by atoms with van der Waals surface area (Å²) in [5.41, 5.74) is 3.88. The zero-order valence-electron chi connectivity index (χ0n) is 16.0. The van der Waals surface area contributed by atoms with Gasteiger partial charge in [0.25, 0.3) is 5.91 Å². The van der Waals surface area contributed by atoms with Crippen LogP contribution in [0.3, 0.4) is 0 Å². The second kappa shape index (κ2) is 7.38. The van der Waals surface area contributed by atoms with E-state index in [4.69, 9.17) is 14.2 Å². The molecule has 1 atom stereocenters. The summed E-state index contributed by atoms with van der Waals surface area (Å²) in [7, 11) is 0. The van der Waals surface area contributed by atoms with Crippen molar-refractivity contribution in [3.63, 3.8) is 0 Å². The van der Waals surface area contributed by atoms with Crippen LogP contribution in [0.5, 0.6) is 17.2 Å². The van der Waals surface area contributed by atoms with Crippen LogP contribution in [-0.4, -0.2) is 37.2 Å². The fourth-order valence-electron chi connectivity index (χ4n) is 4.54. The molecule has 0 spiro atoms. The first-order chi connectivity index (χ1) is 13.8. The number of likely N-dealkylation sites (tertiary alicyclic amines) is 1. The minimum Gasteiger partial charge on any atom is -0.486 e. The van der Waals surface area contributed by atoms with Gasteiger partial charge in [0.05, 0.1) is 6.04 Å². The number of hydrogen-bond acceptors (Lipinski definition) is 4. The zero-order chi connectivity index (χ0) is 18.9. The van der Waals surface area contributed by atoms with Crippen LogP contribution >= 0.6 is 0 Å². The van der Waals surface area contributed by atoms with Gasteiger partial charge in [-0.1, -0.05) is 12.1 Å². The zero-order valence-corrected chi connectivity index (χ0v) is 16.0. The fraction of sp³-hybridized carbons (Fsp3) is 0.435. The molecular formula is C23H25NO4. The van der Waals surface area contributed by atoms with Crippen LogP contribution in [0.1, 0.15) is 42.0 Å². The molecule has 1 aliphatic carbocycles. The predicted molar refractivity (Wildman–Crippen MR) is 105 cm³/mol. The van der Waals surface area contributed by atoms with E-state index in [-0.39, 0.29) is 18.6 Å². The third-order valence-electron chi connectivity index (χ3n) is 5.96. The standard InChI is InChI=1S/C23H25NO4/c25-23(15-28-19-8-6-16-3-1-4-17(16)13-19)24-10-2-5-20(24)18-7-9-21-22(14-18)27-12-11-26-21/h6-9,13-14,20H,1-5,10-12,15H2/t20-/m1/s1. The van der Waals surface area contributed by atoms with Crippen LogP contribution in [0.25, 0.3) is 0 Å². The molecule has 0 N–H and O–H groups in total. The average Bonchev–Trinajstić information content (AvgIpc) is 3.40. The average molecular weight is 379 g/mol. The Morgan fingerprint density at radius 3 is 2.79 bits per heavy atom. The molecule has 146 valence electrons. The molecule has 0 unspecified atom stereocenters. The molecule has 0 aromatic heterocycles. The molecule has 2 heterocycles. The minimum absolute atomic E-state index is 0.0397. The first-order valence-electron chi connectivity index (χ1n) is 10.2. The van der Waals surface area contributed by atoms with Gasteiger partial charge in [-0.15, -0.1) is 0 Å². The summed E-state index contributed by atoms with van der Waals surface area (Å²) in [6.07, 6.45) is 5.44. The molecule has 0 bridgehead atoms. The number of benzene rings is 2. The number of fused-ring (bicyclic) bond motifs is 2. The number of carbonyl (C=O) groups excluding carboxylic acids is 1. The van der Waals surface area contributed by atoms with E-state index in [1.807, 2.05) is 29.2 Å².